The molecule has 1 heterocycles. The molecule has 0 radical (unpaired) electrons. The number of nitro benzene ring substituents is 1. The molecule has 0 fully saturated rings. The van der Waals surface area contributed by atoms with Crippen LogP contribution in [0.4, 0.5) is 11.4 Å². The maximum absolute atomic E-state index is 10.9. The molecule has 18 heavy (non-hydrogen) atoms. The maximum atomic E-state index is 10.9. The van der Waals surface area contributed by atoms with Gasteiger partial charge >= 0.3 is 0 Å². The summed E-state index contributed by atoms with van der Waals surface area (Å²) >= 11 is 4.98. The fourth-order valence-corrected chi connectivity index (χ4v) is 2.79. The highest BCUT2D eigenvalue weighted by molar-refractivity contribution is 9.11. The van der Waals surface area contributed by atoms with Crippen molar-refractivity contribution < 1.29 is 4.92 Å². The number of nitro groups is 1. The lowest BCUT2D eigenvalue weighted by Gasteiger charge is -2.06. The van der Waals surface area contributed by atoms with Crippen molar-refractivity contribution in [2.45, 2.75) is 13.5 Å². The molecular weight excluding hydrogens is 316 g/mol. The minimum absolute atomic E-state index is 0.115. The average Bonchev–Trinajstić information content (AvgIpc) is 2.73. The average molecular weight is 327 g/mol. The van der Waals surface area contributed by atoms with Gasteiger partial charge in [-0.3, -0.25) is 10.1 Å². The van der Waals surface area contributed by atoms with Crippen LogP contribution in [0.15, 0.2) is 33.4 Å². The molecule has 0 aliphatic rings. The van der Waals surface area contributed by atoms with E-state index >= 15 is 0 Å². The number of anilines is 1. The first-order valence-corrected chi connectivity index (χ1v) is 6.95. The molecule has 1 N–H and O–H groups in total. The van der Waals surface area contributed by atoms with Crippen molar-refractivity contribution in [3.05, 3.63) is 54.7 Å². The largest absolute Gasteiger partial charge is 0.375 e. The quantitative estimate of drug-likeness (QED) is 0.671. The lowest BCUT2D eigenvalue weighted by atomic mass is 10.2. The molecule has 0 atom stereocenters. The number of thiophene rings is 1. The van der Waals surface area contributed by atoms with Crippen LogP contribution >= 0.6 is 27.3 Å². The number of aryl methyl sites for hydroxylation is 1. The number of rotatable bonds is 4. The van der Waals surface area contributed by atoms with E-state index in [1.807, 2.05) is 24.4 Å². The SMILES string of the molecule is Cc1ccc(NCc2csc(Br)c2)c([N+](=O)[O-])c1. The van der Waals surface area contributed by atoms with Gasteiger partial charge in [0.2, 0.25) is 0 Å². The van der Waals surface area contributed by atoms with Crippen LogP contribution in [0.3, 0.4) is 0 Å². The molecule has 0 saturated heterocycles. The summed E-state index contributed by atoms with van der Waals surface area (Å²) in [6, 6.07) is 7.18. The number of hydrogen-bond donors (Lipinski definition) is 1. The maximum Gasteiger partial charge on any atom is 0.292 e. The zero-order valence-corrected chi connectivity index (χ0v) is 12.0. The highest BCUT2D eigenvalue weighted by Crippen LogP contribution is 2.27. The molecular formula is C12H11BrN2O2S. The van der Waals surface area contributed by atoms with E-state index < -0.39 is 0 Å². The third kappa shape index (κ3) is 3.08. The predicted octanol–water partition coefficient (Wildman–Crippen LogP) is 4.34. The van der Waals surface area contributed by atoms with E-state index in [1.165, 1.54) is 0 Å². The lowest BCUT2D eigenvalue weighted by molar-refractivity contribution is -0.384. The van der Waals surface area contributed by atoms with Crippen molar-refractivity contribution in [2.24, 2.45) is 0 Å². The first kappa shape index (κ1) is 13.0. The second kappa shape index (κ2) is 5.49. The van der Waals surface area contributed by atoms with Gasteiger partial charge in [-0.1, -0.05) is 6.07 Å². The number of benzene rings is 1. The Morgan fingerprint density at radius 2 is 2.22 bits per heavy atom. The Bertz CT molecular complexity index is 583. The van der Waals surface area contributed by atoms with Gasteiger partial charge in [-0.15, -0.1) is 11.3 Å². The van der Waals surface area contributed by atoms with Crippen LogP contribution in [0.25, 0.3) is 0 Å². The van der Waals surface area contributed by atoms with Crippen LogP contribution in [0.2, 0.25) is 0 Å². The van der Waals surface area contributed by atoms with Crippen LogP contribution in [0, 0.1) is 17.0 Å². The minimum Gasteiger partial charge on any atom is -0.375 e. The molecule has 6 heteroatoms. The van der Waals surface area contributed by atoms with Crippen molar-refractivity contribution in [2.75, 3.05) is 5.32 Å². The van der Waals surface area contributed by atoms with Crippen LogP contribution in [-0.4, -0.2) is 4.92 Å². The summed E-state index contributed by atoms with van der Waals surface area (Å²) < 4.78 is 1.05. The summed E-state index contributed by atoms with van der Waals surface area (Å²) in [7, 11) is 0. The first-order valence-electron chi connectivity index (χ1n) is 5.28. The molecule has 94 valence electrons. The van der Waals surface area contributed by atoms with Gasteiger partial charge in [0.05, 0.1) is 8.71 Å². The summed E-state index contributed by atoms with van der Waals surface area (Å²) in [5.74, 6) is 0. The minimum atomic E-state index is -0.362. The topological polar surface area (TPSA) is 55.2 Å². The van der Waals surface area contributed by atoms with Gasteiger partial charge in [-0.05, 0) is 51.5 Å². The van der Waals surface area contributed by atoms with E-state index in [-0.39, 0.29) is 10.6 Å². The third-order valence-corrected chi connectivity index (χ3v) is 4.01. The van der Waals surface area contributed by atoms with E-state index in [2.05, 4.69) is 21.2 Å². The number of nitrogens with one attached hydrogen (secondary N) is 1. The van der Waals surface area contributed by atoms with E-state index in [9.17, 15) is 10.1 Å². The van der Waals surface area contributed by atoms with Gasteiger partial charge in [-0.25, -0.2) is 0 Å². The van der Waals surface area contributed by atoms with Crippen LogP contribution in [0.1, 0.15) is 11.1 Å². The predicted molar refractivity (Wildman–Crippen MR) is 77.2 cm³/mol. The Morgan fingerprint density at radius 1 is 1.44 bits per heavy atom. The van der Waals surface area contributed by atoms with Gasteiger partial charge in [0.1, 0.15) is 5.69 Å². The molecule has 0 unspecified atom stereocenters. The van der Waals surface area contributed by atoms with E-state index in [0.29, 0.717) is 12.2 Å². The number of nitrogens with zero attached hydrogens (tertiary/aromatic N) is 1. The summed E-state index contributed by atoms with van der Waals surface area (Å²) in [5.41, 5.74) is 2.64. The Balaban J connectivity index is 2.16. The lowest BCUT2D eigenvalue weighted by Crippen LogP contribution is -2.02. The summed E-state index contributed by atoms with van der Waals surface area (Å²) in [6.45, 7) is 2.42. The standard InChI is InChI=1S/C12H11BrN2O2S/c1-8-2-3-10(11(4-8)15(16)17)14-6-9-5-12(13)18-7-9/h2-5,7,14H,6H2,1H3. The molecule has 1 aromatic carbocycles. The molecule has 2 aromatic rings. The Morgan fingerprint density at radius 3 is 2.83 bits per heavy atom. The van der Waals surface area contributed by atoms with Crippen molar-refractivity contribution in [3.8, 4) is 0 Å². The molecule has 0 aliphatic carbocycles. The molecule has 2 rings (SSSR count). The van der Waals surface area contributed by atoms with E-state index in [0.717, 1.165) is 14.9 Å². The van der Waals surface area contributed by atoms with Gasteiger partial charge < -0.3 is 5.32 Å². The fraction of sp³-hybridized carbons (Fsp3) is 0.167. The highest BCUT2D eigenvalue weighted by Gasteiger charge is 2.13. The molecule has 0 bridgehead atoms. The van der Waals surface area contributed by atoms with Crippen LogP contribution in [0.5, 0.6) is 0 Å². The Hall–Kier alpha value is -1.40. The second-order valence-corrected chi connectivity index (χ2v) is 6.18. The molecule has 1 aromatic heterocycles. The van der Waals surface area contributed by atoms with Gasteiger partial charge in [0.15, 0.2) is 0 Å². The van der Waals surface area contributed by atoms with Gasteiger partial charge in [-0.2, -0.15) is 0 Å². The highest BCUT2D eigenvalue weighted by atomic mass is 79.9. The number of halogens is 1. The van der Waals surface area contributed by atoms with E-state index in [4.69, 9.17) is 0 Å². The smallest absolute Gasteiger partial charge is 0.292 e. The van der Waals surface area contributed by atoms with Crippen molar-refractivity contribution in [1.82, 2.24) is 0 Å². The Labute approximate surface area is 117 Å². The van der Waals surface area contributed by atoms with Crippen molar-refractivity contribution >= 4 is 38.6 Å². The fourth-order valence-electron chi connectivity index (χ4n) is 1.58. The second-order valence-electron chi connectivity index (χ2n) is 3.89. The molecule has 0 aliphatic heterocycles. The zero-order valence-electron chi connectivity index (χ0n) is 9.64. The number of hydrogen-bond acceptors (Lipinski definition) is 4. The van der Waals surface area contributed by atoms with Crippen LogP contribution < -0.4 is 5.32 Å². The molecule has 0 spiro atoms. The normalized spacial score (nSPS) is 10.3. The summed E-state index contributed by atoms with van der Waals surface area (Å²) in [4.78, 5) is 10.6. The molecule has 0 amide bonds. The Kier molecular flexibility index (Phi) is 3.98. The summed E-state index contributed by atoms with van der Waals surface area (Å²) in [6.07, 6.45) is 0. The van der Waals surface area contributed by atoms with E-state index in [1.54, 1.807) is 23.5 Å². The first-order chi connectivity index (χ1) is 8.56. The van der Waals surface area contributed by atoms with Crippen LogP contribution in [-0.2, 0) is 6.54 Å². The van der Waals surface area contributed by atoms with Gasteiger partial charge in [0, 0.05) is 12.6 Å². The van der Waals surface area contributed by atoms with Gasteiger partial charge in [0.25, 0.3) is 5.69 Å². The summed E-state index contributed by atoms with van der Waals surface area (Å²) in [5, 5.41) is 16.1. The molecule has 0 saturated carbocycles. The zero-order chi connectivity index (χ0) is 13.1. The third-order valence-electron chi connectivity index (χ3n) is 2.45. The van der Waals surface area contributed by atoms with Crippen molar-refractivity contribution in [1.29, 1.82) is 0 Å². The molecule has 4 nitrogen and oxygen atoms in total. The monoisotopic (exact) mass is 326 g/mol. The van der Waals surface area contributed by atoms with Crippen molar-refractivity contribution in [3.63, 3.8) is 0 Å².